The zero-order valence-electron chi connectivity index (χ0n) is 19.1. The van der Waals surface area contributed by atoms with E-state index in [4.69, 9.17) is 0 Å². The van der Waals surface area contributed by atoms with Gasteiger partial charge >= 0.3 is 0 Å². The Labute approximate surface area is 196 Å². The molecule has 1 atom stereocenters. The first-order valence-corrected chi connectivity index (χ1v) is 12.8. The van der Waals surface area contributed by atoms with Crippen LogP contribution in [-0.2, 0) is 10.0 Å². The number of hydrogen-bond acceptors (Lipinski definition) is 3. The molecule has 3 aromatic rings. The second-order valence-corrected chi connectivity index (χ2v) is 10.6. The summed E-state index contributed by atoms with van der Waals surface area (Å²) in [5.41, 5.74) is 4.18. The third kappa shape index (κ3) is 5.18. The summed E-state index contributed by atoms with van der Waals surface area (Å²) in [4.78, 5) is 13.6. The molecule has 1 N–H and O–H groups in total. The summed E-state index contributed by atoms with van der Waals surface area (Å²) in [7, 11) is -3.62. The zero-order valence-corrected chi connectivity index (χ0v) is 19.9. The number of piperidine rings is 1. The first-order chi connectivity index (χ1) is 15.9. The molecule has 0 bridgehead atoms. The molecule has 0 saturated carbocycles. The van der Waals surface area contributed by atoms with Gasteiger partial charge in [0.2, 0.25) is 10.0 Å². The van der Waals surface area contributed by atoms with Crippen LogP contribution >= 0.6 is 0 Å². The molecular weight excluding hydrogens is 432 g/mol. The second-order valence-electron chi connectivity index (χ2n) is 8.67. The fourth-order valence-electron chi connectivity index (χ4n) is 4.23. The number of benzene rings is 3. The Morgan fingerprint density at radius 2 is 1.48 bits per heavy atom. The van der Waals surface area contributed by atoms with Crippen LogP contribution < -0.4 is 5.32 Å². The fraction of sp³-hybridized carbons (Fsp3) is 0.296. The van der Waals surface area contributed by atoms with Gasteiger partial charge in [0.15, 0.2) is 0 Å². The van der Waals surface area contributed by atoms with Gasteiger partial charge in [0, 0.05) is 18.7 Å². The lowest BCUT2D eigenvalue weighted by molar-refractivity contribution is 0.0942. The lowest BCUT2D eigenvalue weighted by atomic mass is 9.97. The zero-order chi connectivity index (χ0) is 23.4. The minimum atomic E-state index is -3.62. The molecule has 1 aliphatic heterocycles. The van der Waals surface area contributed by atoms with E-state index in [1.807, 2.05) is 68.4 Å². The van der Waals surface area contributed by atoms with Crippen molar-refractivity contribution in [2.75, 3.05) is 13.1 Å². The normalized spacial score (nSPS) is 15.7. The Morgan fingerprint density at radius 1 is 0.848 bits per heavy atom. The average Bonchev–Trinajstić information content (AvgIpc) is 2.84. The molecular formula is C27H30N2O3S. The summed E-state index contributed by atoms with van der Waals surface area (Å²) in [5, 5.41) is 3.14. The number of nitrogens with one attached hydrogen (secondary N) is 1. The molecule has 1 aliphatic rings. The van der Waals surface area contributed by atoms with Crippen molar-refractivity contribution in [3.05, 3.63) is 101 Å². The maximum absolute atomic E-state index is 13.4. The van der Waals surface area contributed by atoms with Crippen molar-refractivity contribution in [3.63, 3.8) is 0 Å². The number of carbonyl (C=O) groups excluding carboxylic acids is 1. The van der Waals surface area contributed by atoms with Crippen LogP contribution in [0.5, 0.6) is 0 Å². The van der Waals surface area contributed by atoms with E-state index in [-0.39, 0.29) is 16.8 Å². The van der Waals surface area contributed by atoms with Crippen LogP contribution in [0.4, 0.5) is 0 Å². The highest BCUT2D eigenvalue weighted by molar-refractivity contribution is 7.89. The van der Waals surface area contributed by atoms with E-state index in [1.54, 1.807) is 12.1 Å². The molecule has 1 fully saturated rings. The van der Waals surface area contributed by atoms with Crippen LogP contribution in [-0.4, -0.2) is 31.7 Å². The fourth-order valence-corrected chi connectivity index (χ4v) is 5.78. The minimum absolute atomic E-state index is 0.173. The predicted molar refractivity (Wildman–Crippen MR) is 131 cm³/mol. The third-order valence-corrected chi connectivity index (χ3v) is 8.12. The summed E-state index contributed by atoms with van der Waals surface area (Å²) in [6, 6.07) is 22.4. The van der Waals surface area contributed by atoms with Crippen molar-refractivity contribution < 1.29 is 13.2 Å². The molecule has 0 aliphatic carbocycles. The average molecular weight is 463 g/mol. The van der Waals surface area contributed by atoms with Gasteiger partial charge in [-0.1, -0.05) is 72.6 Å². The molecule has 4 rings (SSSR count). The van der Waals surface area contributed by atoms with Crippen LogP contribution in [0.25, 0.3) is 0 Å². The molecule has 1 saturated heterocycles. The van der Waals surface area contributed by atoms with Crippen LogP contribution in [0.2, 0.25) is 0 Å². The van der Waals surface area contributed by atoms with E-state index in [2.05, 4.69) is 5.32 Å². The van der Waals surface area contributed by atoms with E-state index < -0.39 is 10.0 Å². The summed E-state index contributed by atoms with van der Waals surface area (Å²) >= 11 is 0. The third-order valence-electron chi connectivity index (χ3n) is 6.23. The van der Waals surface area contributed by atoms with Crippen molar-refractivity contribution >= 4 is 15.9 Å². The quantitative estimate of drug-likeness (QED) is 0.561. The number of carbonyl (C=O) groups is 1. The minimum Gasteiger partial charge on any atom is -0.341 e. The molecule has 0 spiro atoms. The summed E-state index contributed by atoms with van der Waals surface area (Å²) in [6.45, 7) is 4.91. The number of sulfonamides is 1. The van der Waals surface area contributed by atoms with Gasteiger partial charge in [-0.2, -0.15) is 4.31 Å². The van der Waals surface area contributed by atoms with Gasteiger partial charge in [-0.3, -0.25) is 4.79 Å². The number of amides is 1. The standard InChI is InChI=1S/C27H30N2O3S/c1-20-11-14-23(15-12-20)26(22-9-5-3-6-10-22)28-27(30)25-19-24(16-13-21(25)2)33(31,32)29-17-7-4-8-18-29/h3,5-6,9-16,19,26H,4,7-8,17-18H2,1-2H3,(H,28,30). The van der Waals surface area contributed by atoms with Gasteiger partial charge in [0.1, 0.15) is 0 Å². The van der Waals surface area contributed by atoms with Crippen molar-refractivity contribution in [3.8, 4) is 0 Å². The Kier molecular flexibility index (Phi) is 6.96. The summed E-state index contributed by atoms with van der Waals surface area (Å²) in [5.74, 6) is -0.294. The van der Waals surface area contributed by atoms with Crippen LogP contribution in [0.1, 0.15) is 57.9 Å². The van der Waals surface area contributed by atoms with Crippen LogP contribution in [0.15, 0.2) is 77.7 Å². The van der Waals surface area contributed by atoms with Crippen LogP contribution in [0, 0.1) is 13.8 Å². The van der Waals surface area contributed by atoms with E-state index in [9.17, 15) is 13.2 Å². The highest BCUT2D eigenvalue weighted by Gasteiger charge is 2.27. The highest BCUT2D eigenvalue weighted by atomic mass is 32.2. The summed E-state index contributed by atoms with van der Waals surface area (Å²) in [6.07, 6.45) is 2.79. The second kappa shape index (κ2) is 9.89. The van der Waals surface area contributed by atoms with Crippen molar-refractivity contribution in [2.45, 2.75) is 44.0 Å². The molecule has 1 amide bonds. The van der Waals surface area contributed by atoms with Crippen molar-refractivity contribution in [2.24, 2.45) is 0 Å². The van der Waals surface area contributed by atoms with Gasteiger partial charge in [-0.05, 0) is 55.5 Å². The lowest BCUT2D eigenvalue weighted by Crippen LogP contribution is -2.36. The van der Waals surface area contributed by atoms with E-state index in [1.165, 1.54) is 10.4 Å². The molecule has 6 heteroatoms. The van der Waals surface area contributed by atoms with Gasteiger partial charge in [0.05, 0.1) is 10.9 Å². The topological polar surface area (TPSA) is 66.5 Å². The molecule has 1 unspecified atom stereocenters. The monoisotopic (exact) mass is 462 g/mol. The Hall–Kier alpha value is -2.96. The first-order valence-electron chi connectivity index (χ1n) is 11.4. The molecule has 0 radical (unpaired) electrons. The molecule has 5 nitrogen and oxygen atoms in total. The maximum Gasteiger partial charge on any atom is 0.252 e. The van der Waals surface area contributed by atoms with Crippen molar-refractivity contribution in [1.82, 2.24) is 9.62 Å². The molecule has 1 heterocycles. The van der Waals surface area contributed by atoms with Gasteiger partial charge < -0.3 is 5.32 Å². The predicted octanol–water partition coefficient (Wildman–Crippen LogP) is 5.00. The van der Waals surface area contributed by atoms with Gasteiger partial charge in [0.25, 0.3) is 5.91 Å². The van der Waals surface area contributed by atoms with E-state index in [0.29, 0.717) is 18.7 Å². The number of hydrogen-bond donors (Lipinski definition) is 1. The number of aryl methyl sites for hydroxylation is 2. The first kappa shape index (κ1) is 23.2. The number of rotatable bonds is 6. The summed E-state index contributed by atoms with van der Waals surface area (Å²) < 4.78 is 27.9. The molecule has 3 aromatic carbocycles. The van der Waals surface area contributed by atoms with Crippen molar-refractivity contribution in [1.29, 1.82) is 0 Å². The smallest absolute Gasteiger partial charge is 0.252 e. The molecule has 172 valence electrons. The SMILES string of the molecule is Cc1ccc(C(NC(=O)c2cc(S(=O)(=O)N3CCCCC3)ccc2C)c2ccccc2)cc1. The van der Waals surface area contributed by atoms with E-state index >= 15 is 0 Å². The Morgan fingerprint density at radius 3 is 2.15 bits per heavy atom. The largest absolute Gasteiger partial charge is 0.341 e. The highest BCUT2D eigenvalue weighted by Crippen LogP contribution is 2.26. The number of nitrogens with zero attached hydrogens (tertiary/aromatic N) is 1. The maximum atomic E-state index is 13.4. The van der Waals surface area contributed by atoms with E-state index in [0.717, 1.165) is 41.5 Å². The Balaban J connectivity index is 1.66. The molecule has 0 aromatic heterocycles. The van der Waals surface area contributed by atoms with Gasteiger partial charge in [-0.15, -0.1) is 0 Å². The molecule has 33 heavy (non-hydrogen) atoms. The van der Waals surface area contributed by atoms with Gasteiger partial charge in [-0.25, -0.2) is 8.42 Å². The Bertz CT molecular complexity index is 1220. The lowest BCUT2D eigenvalue weighted by Gasteiger charge is -2.26. The van der Waals surface area contributed by atoms with Crippen LogP contribution in [0.3, 0.4) is 0 Å².